The number of carbonyl (C=O) groups excluding carboxylic acids is 2. The highest BCUT2D eigenvalue weighted by Crippen LogP contribution is 2.27. The van der Waals surface area contributed by atoms with Gasteiger partial charge in [-0.25, -0.2) is 18.2 Å². The molecule has 0 radical (unpaired) electrons. The van der Waals surface area contributed by atoms with Crippen LogP contribution in [-0.4, -0.2) is 64.6 Å². The number of carbonyl (C=O) groups is 2. The van der Waals surface area contributed by atoms with Gasteiger partial charge >= 0.3 is 6.03 Å². The van der Waals surface area contributed by atoms with Crippen LogP contribution in [0.25, 0.3) is 10.8 Å². The van der Waals surface area contributed by atoms with Gasteiger partial charge < -0.3 is 9.80 Å². The summed E-state index contributed by atoms with van der Waals surface area (Å²) >= 11 is 6.00. The van der Waals surface area contributed by atoms with E-state index in [-0.39, 0.29) is 35.0 Å². The predicted octanol–water partition coefficient (Wildman–Crippen LogP) is 3.89. The molecule has 0 saturated carbocycles. The van der Waals surface area contributed by atoms with Crippen molar-refractivity contribution >= 4 is 44.1 Å². The zero-order valence-corrected chi connectivity index (χ0v) is 21.1. The van der Waals surface area contributed by atoms with Gasteiger partial charge in [0.2, 0.25) is 5.91 Å². The number of likely N-dealkylation sites (tertiary alicyclic amines) is 1. The molecule has 1 fully saturated rings. The van der Waals surface area contributed by atoms with Crippen LogP contribution in [0.15, 0.2) is 47.5 Å². The molecule has 0 atom stereocenters. The highest BCUT2D eigenvalue weighted by Gasteiger charge is 2.36. The lowest BCUT2D eigenvalue weighted by molar-refractivity contribution is -0.132. The van der Waals surface area contributed by atoms with E-state index < -0.39 is 9.84 Å². The molecule has 0 aliphatic carbocycles. The molecular weight excluding hydrogens is 488 g/mol. The summed E-state index contributed by atoms with van der Waals surface area (Å²) in [5, 5.41) is 2.24. The largest absolute Gasteiger partial charge is 0.343 e. The Balaban J connectivity index is 1.16. The standard InChI is InChI=1S/C25H27ClN4O4S/c1-2-23-27-15-21-16-29(25(32)30(21)23)20-7-10-28(11-8-20)24(31)9-12-35(33,34)22-6-4-17-13-19(26)5-3-18(17)14-22/h3-6,13-15,20H,2,7-12,16H2,1H3. The van der Waals surface area contributed by atoms with Crippen molar-refractivity contribution in [3.63, 3.8) is 0 Å². The van der Waals surface area contributed by atoms with E-state index in [1.165, 1.54) is 0 Å². The predicted molar refractivity (Wildman–Crippen MR) is 133 cm³/mol. The third-order valence-electron chi connectivity index (χ3n) is 6.97. The number of aromatic nitrogens is 2. The maximum atomic E-state index is 12.9. The van der Waals surface area contributed by atoms with Crippen molar-refractivity contribution in [1.29, 1.82) is 0 Å². The van der Waals surface area contributed by atoms with Crippen molar-refractivity contribution in [2.24, 2.45) is 0 Å². The Kier molecular flexibility index (Phi) is 6.31. The number of piperidine rings is 1. The van der Waals surface area contributed by atoms with E-state index in [1.807, 2.05) is 11.8 Å². The lowest BCUT2D eigenvalue weighted by atomic mass is 10.0. The minimum Gasteiger partial charge on any atom is -0.343 e. The smallest absolute Gasteiger partial charge is 0.330 e. The monoisotopic (exact) mass is 514 g/mol. The van der Waals surface area contributed by atoms with E-state index in [2.05, 4.69) is 4.98 Å². The number of hydrogen-bond acceptors (Lipinski definition) is 5. The van der Waals surface area contributed by atoms with Gasteiger partial charge in [-0.15, -0.1) is 0 Å². The van der Waals surface area contributed by atoms with Crippen LogP contribution in [0.4, 0.5) is 4.79 Å². The van der Waals surface area contributed by atoms with Crippen LogP contribution >= 0.6 is 11.6 Å². The van der Waals surface area contributed by atoms with E-state index in [0.717, 1.165) is 22.3 Å². The van der Waals surface area contributed by atoms with Crippen molar-refractivity contribution in [2.45, 2.75) is 50.1 Å². The summed E-state index contributed by atoms with van der Waals surface area (Å²) in [7, 11) is -3.60. The molecule has 0 bridgehead atoms. The highest BCUT2D eigenvalue weighted by atomic mass is 35.5. The van der Waals surface area contributed by atoms with Crippen LogP contribution in [0.5, 0.6) is 0 Å². The van der Waals surface area contributed by atoms with Gasteiger partial charge in [0.1, 0.15) is 5.82 Å². The number of sulfone groups is 1. The molecule has 10 heteroatoms. The summed E-state index contributed by atoms with van der Waals surface area (Å²) in [6.45, 7) is 3.54. The van der Waals surface area contributed by atoms with E-state index >= 15 is 0 Å². The van der Waals surface area contributed by atoms with Gasteiger partial charge in [0, 0.05) is 37.0 Å². The zero-order valence-electron chi connectivity index (χ0n) is 19.5. The fourth-order valence-corrected chi connectivity index (χ4v) is 6.43. The molecule has 5 rings (SSSR count). The van der Waals surface area contributed by atoms with Crippen LogP contribution in [-0.2, 0) is 27.6 Å². The Morgan fingerprint density at radius 2 is 1.83 bits per heavy atom. The summed E-state index contributed by atoms with van der Waals surface area (Å²) < 4.78 is 27.5. The summed E-state index contributed by atoms with van der Waals surface area (Å²) in [4.78, 5) is 33.8. The normalized spacial score (nSPS) is 16.8. The average molecular weight is 515 g/mol. The lowest BCUT2D eigenvalue weighted by Crippen LogP contribution is -2.47. The number of benzene rings is 2. The molecule has 0 unspecified atom stereocenters. The SMILES string of the molecule is CCc1ncc2n1C(=O)N(C1CCN(C(=O)CCS(=O)(=O)c3ccc4cc(Cl)ccc4c3)CC1)C2. The molecule has 184 valence electrons. The Hall–Kier alpha value is -2.91. The van der Waals surface area contributed by atoms with Gasteiger partial charge in [0.15, 0.2) is 9.84 Å². The first-order chi connectivity index (χ1) is 16.8. The Morgan fingerprint density at radius 3 is 2.57 bits per heavy atom. The number of fused-ring (bicyclic) bond motifs is 2. The van der Waals surface area contributed by atoms with Crippen molar-refractivity contribution in [3.8, 4) is 0 Å². The molecule has 0 spiro atoms. The van der Waals surface area contributed by atoms with Crippen molar-refractivity contribution < 1.29 is 18.0 Å². The van der Waals surface area contributed by atoms with Crippen LogP contribution in [0.3, 0.4) is 0 Å². The second-order valence-electron chi connectivity index (χ2n) is 9.10. The summed E-state index contributed by atoms with van der Waals surface area (Å²) in [5.74, 6) is 0.366. The number of imidazole rings is 1. The van der Waals surface area contributed by atoms with Gasteiger partial charge in [-0.2, -0.15) is 0 Å². The van der Waals surface area contributed by atoms with E-state index in [0.29, 0.717) is 43.9 Å². The molecule has 1 aromatic heterocycles. The van der Waals surface area contributed by atoms with Crippen LogP contribution in [0.1, 0.15) is 37.7 Å². The molecule has 3 aromatic rings. The lowest BCUT2D eigenvalue weighted by Gasteiger charge is -2.36. The van der Waals surface area contributed by atoms with E-state index in [4.69, 9.17) is 11.6 Å². The molecule has 8 nitrogen and oxygen atoms in total. The first kappa shape index (κ1) is 23.8. The van der Waals surface area contributed by atoms with Crippen LogP contribution in [0.2, 0.25) is 5.02 Å². The van der Waals surface area contributed by atoms with Gasteiger partial charge in [-0.1, -0.05) is 30.7 Å². The first-order valence-corrected chi connectivity index (χ1v) is 13.9. The Bertz CT molecular complexity index is 1410. The third-order valence-corrected chi connectivity index (χ3v) is 8.92. The third kappa shape index (κ3) is 4.54. The molecule has 2 aliphatic rings. The highest BCUT2D eigenvalue weighted by molar-refractivity contribution is 7.91. The minimum absolute atomic E-state index is 0.0390. The van der Waals surface area contributed by atoms with Gasteiger partial charge in [0.05, 0.1) is 29.1 Å². The van der Waals surface area contributed by atoms with Crippen molar-refractivity contribution in [1.82, 2.24) is 19.4 Å². The zero-order chi connectivity index (χ0) is 24.7. The first-order valence-electron chi connectivity index (χ1n) is 11.8. The summed E-state index contributed by atoms with van der Waals surface area (Å²) in [6, 6.07) is 10.2. The second kappa shape index (κ2) is 9.28. The van der Waals surface area contributed by atoms with E-state index in [1.54, 1.807) is 52.1 Å². The second-order valence-corrected chi connectivity index (χ2v) is 11.6. The van der Waals surface area contributed by atoms with Gasteiger partial charge in [0.25, 0.3) is 0 Å². The van der Waals surface area contributed by atoms with Crippen LogP contribution < -0.4 is 0 Å². The fourth-order valence-electron chi connectivity index (χ4n) is 4.99. The number of amides is 2. The number of nitrogens with zero attached hydrogens (tertiary/aromatic N) is 4. The minimum atomic E-state index is -3.60. The fraction of sp³-hybridized carbons (Fsp3) is 0.400. The molecular formula is C25H27ClN4O4S. The summed E-state index contributed by atoms with van der Waals surface area (Å²) in [6.07, 6.45) is 3.75. The number of hydrogen-bond donors (Lipinski definition) is 0. The number of rotatable bonds is 6. The van der Waals surface area contributed by atoms with Crippen molar-refractivity contribution in [3.05, 3.63) is 59.1 Å². The van der Waals surface area contributed by atoms with Crippen molar-refractivity contribution in [2.75, 3.05) is 18.8 Å². The molecule has 3 heterocycles. The molecule has 2 aromatic carbocycles. The maximum Gasteiger partial charge on any atom is 0.330 e. The number of halogens is 1. The molecule has 1 saturated heterocycles. The quantitative estimate of drug-likeness (QED) is 0.497. The molecule has 2 amide bonds. The molecule has 2 aliphatic heterocycles. The molecule has 0 N–H and O–H groups in total. The Morgan fingerprint density at radius 1 is 1.11 bits per heavy atom. The summed E-state index contributed by atoms with van der Waals surface area (Å²) in [5.41, 5.74) is 0.910. The number of aryl methyl sites for hydroxylation is 1. The van der Waals surface area contributed by atoms with E-state index in [9.17, 15) is 18.0 Å². The average Bonchev–Trinajstić information content (AvgIpc) is 3.42. The Labute approximate surface area is 209 Å². The van der Waals surface area contributed by atoms with Gasteiger partial charge in [-0.05, 0) is 47.9 Å². The molecule has 35 heavy (non-hydrogen) atoms. The maximum absolute atomic E-state index is 12.9. The van der Waals surface area contributed by atoms with Gasteiger partial charge in [-0.3, -0.25) is 9.36 Å². The van der Waals surface area contributed by atoms with Crippen LogP contribution in [0, 0.1) is 0 Å². The topological polar surface area (TPSA) is 92.6 Å².